The van der Waals surface area contributed by atoms with Crippen molar-refractivity contribution in [2.75, 3.05) is 57.4 Å². The van der Waals surface area contributed by atoms with Crippen molar-refractivity contribution >= 4 is 40.0 Å². The van der Waals surface area contributed by atoms with Crippen LogP contribution in [0, 0.1) is 0 Å². The Morgan fingerprint density at radius 1 is 0.957 bits per heavy atom. The first-order valence-corrected chi connectivity index (χ1v) is 16.6. The van der Waals surface area contributed by atoms with Gasteiger partial charge in [-0.05, 0) is 45.7 Å². The van der Waals surface area contributed by atoms with E-state index in [4.69, 9.17) is 29.4 Å². The summed E-state index contributed by atoms with van der Waals surface area (Å²) in [6.45, 7) is 13.4. The number of alkyl carbamates (subject to hydrolysis) is 1. The first-order valence-electron chi connectivity index (χ1n) is 16.6. The highest BCUT2D eigenvalue weighted by atomic mass is 16.6. The molecule has 1 N–H and O–H groups in total. The molecule has 1 saturated carbocycles. The number of para-hydroxylation sites is 2. The molecule has 5 heterocycles. The molecule has 3 fully saturated rings. The quantitative estimate of drug-likeness (QED) is 0.320. The molecule has 3 aliphatic rings. The smallest absolute Gasteiger partial charge is 0.408 e. The summed E-state index contributed by atoms with van der Waals surface area (Å²) < 4.78 is 15.2. The van der Waals surface area contributed by atoms with Gasteiger partial charge in [0.05, 0.1) is 30.8 Å². The number of hydrogen-bond acceptors (Lipinski definition) is 10. The SMILES string of the molecule is CCc1nc2ccccc2n1-c1nc(N2CCOCC2)c2nc(CN3CCN(C(=O)C4(NC(=O)OC(C)(C)C)CC4)CC3)n(C)c2n1. The molecule has 250 valence electrons. The van der Waals surface area contributed by atoms with Gasteiger partial charge in [0, 0.05) is 52.7 Å². The number of benzene rings is 1. The molecule has 47 heavy (non-hydrogen) atoms. The zero-order valence-electron chi connectivity index (χ0n) is 28.0. The maximum Gasteiger partial charge on any atom is 0.408 e. The summed E-state index contributed by atoms with van der Waals surface area (Å²) in [4.78, 5) is 52.5. The number of nitrogens with zero attached hydrogens (tertiary/aromatic N) is 9. The molecule has 3 aromatic heterocycles. The molecule has 2 saturated heterocycles. The van der Waals surface area contributed by atoms with Gasteiger partial charge in [-0.2, -0.15) is 9.97 Å². The van der Waals surface area contributed by atoms with Crippen LogP contribution in [0.4, 0.5) is 10.6 Å². The minimum absolute atomic E-state index is 0.0258. The Kier molecular flexibility index (Phi) is 8.03. The average Bonchev–Trinajstić information content (AvgIpc) is 3.63. The molecule has 7 rings (SSSR count). The van der Waals surface area contributed by atoms with Gasteiger partial charge in [0.15, 0.2) is 17.0 Å². The zero-order valence-corrected chi connectivity index (χ0v) is 28.0. The van der Waals surface area contributed by atoms with Gasteiger partial charge < -0.3 is 29.2 Å². The van der Waals surface area contributed by atoms with Gasteiger partial charge >= 0.3 is 6.09 Å². The largest absolute Gasteiger partial charge is 0.444 e. The topological polar surface area (TPSA) is 136 Å². The van der Waals surface area contributed by atoms with Crippen LogP contribution in [0.15, 0.2) is 24.3 Å². The summed E-state index contributed by atoms with van der Waals surface area (Å²) in [5.74, 6) is 3.15. The fourth-order valence-corrected chi connectivity index (χ4v) is 6.48. The fraction of sp³-hybridized carbons (Fsp3) is 0.576. The Hall–Kier alpha value is -4.30. The lowest BCUT2D eigenvalue weighted by molar-refractivity contribution is -0.136. The lowest BCUT2D eigenvalue weighted by Gasteiger charge is -2.36. The van der Waals surface area contributed by atoms with E-state index in [1.807, 2.05) is 50.9 Å². The normalized spacial score (nSPS) is 18.6. The summed E-state index contributed by atoms with van der Waals surface area (Å²) >= 11 is 0. The number of carbonyl (C=O) groups is 2. The van der Waals surface area contributed by atoms with Crippen LogP contribution in [0.2, 0.25) is 0 Å². The maximum atomic E-state index is 13.5. The van der Waals surface area contributed by atoms with Crippen molar-refractivity contribution in [3.8, 4) is 5.95 Å². The summed E-state index contributed by atoms with van der Waals surface area (Å²) in [7, 11) is 2.01. The van der Waals surface area contributed by atoms with Crippen molar-refractivity contribution in [2.24, 2.45) is 7.05 Å². The fourth-order valence-electron chi connectivity index (χ4n) is 6.48. The van der Waals surface area contributed by atoms with Crippen LogP contribution in [0.1, 0.15) is 52.2 Å². The van der Waals surface area contributed by atoms with Gasteiger partial charge in [0.1, 0.15) is 22.8 Å². The van der Waals surface area contributed by atoms with Crippen LogP contribution in [-0.2, 0) is 34.3 Å². The van der Waals surface area contributed by atoms with Crippen LogP contribution < -0.4 is 10.2 Å². The third-order valence-corrected chi connectivity index (χ3v) is 9.16. The predicted molar refractivity (Wildman–Crippen MR) is 177 cm³/mol. The minimum atomic E-state index is -0.841. The Balaban J connectivity index is 1.12. The van der Waals surface area contributed by atoms with Crippen LogP contribution in [-0.4, -0.2) is 114 Å². The third-order valence-electron chi connectivity index (χ3n) is 9.16. The van der Waals surface area contributed by atoms with Gasteiger partial charge in [-0.25, -0.2) is 14.8 Å². The van der Waals surface area contributed by atoms with Gasteiger partial charge in [0.2, 0.25) is 11.9 Å². The van der Waals surface area contributed by atoms with Crippen molar-refractivity contribution in [3.63, 3.8) is 0 Å². The molecule has 0 bridgehead atoms. The zero-order chi connectivity index (χ0) is 32.9. The summed E-state index contributed by atoms with van der Waals surface area (Å²) in [6.07, 6.45) is 1.47. The minimum Gasteiger partial charge on any atom is -0.444 e. The third kappa shape index (κ3) is 6.11. The second-order valence-electron chi connectivity index (χ2n) is 13.7. The molecule has 0 radical (unpaired) electrons. The van der Waals surface area contributed by atoms with Gasteiger partial charge in [0.25, 0.3) is 0 Å². The lowest BCUT2D eigenvalue weighted by atomic mass is 10.2. The van der Waals surface area contributed by atoms with Crippen molar-refractivity contribution in [3.05, 3.63) is 35.9 Å². The number of aryl methyl sites for hydroxylation is 2. The van der Waals surface area contributed by atoms with E-state index in [0.717, 1.165) is 59.2 Å². The van der Waals surface area contributed by atoms with E-state index in [1.54, 1.807) is 0 Å². The number of anilines is 1. The Labute approximate surface area is 274 Å². The Morgan fingerprint density at radius 2 is 1.68 bits per heavy atom. The van der Waals surface area contributed by atoms with Crippen LogP contribution in [0.25, 0.3) is 28.1 Å². The molecule has 4 aromatic rings. The second kappa shape index (κ2) is 12.1. The monoisotopic (exact) mass is 644 g/mol. The molecule has 0 spiro atoms. The van der Waals surface area contributed by atoms with E-state index in [-0.39, 0.29) is 5.91 Å². The van der Waals surface area contributed by atoms with Gasteiger partial charge in [-0.1, -0.05) is 19.1 Å². The molecule has 1 aromatic carbocycles. The van der Waals surface area contributed by atoms with Crippen molar-refractivity contribution in [2.45, 2.75) is 64.6 Å². The van der Waals surface area contributed by atoms with Crippen molar-refractivity contribution < 1.29 is 19.1 Å². The van der Waals surface area contributed by atoms with Crippen LogP contribution >= 0.6 is 0 Å². The number of nitrogens with one attached hydrogen (secondary N) is 1. The molecular formula is C33H44N10O4. The average molecular weight is 645 g/mol. The maximum absolute atomic E-state index is 13.5. The molecular weight excluding hydrogens is 600 g/mol. The summed E-state index contributed by atoms with van der Waals surface area (Å²) in [5, 5.41) is 2.85. The number of amides is 2. The van der Waals surface area contributed by atoms with E-state index in [0.29, 0.717) is 64.7 Å². The predicted octanol–water partition coefficient (Wildman–Crippen LogP) is 2.80. The van der Waals surface area contributed by atoms with Crippen molar-refractivity contribution in [1.82, 2.24) is 44.2 Å². The van der Waals surface area contributed by atoms with E-state index < -0.39 is 17.2 Å². The van der Waals surface area contributed by atoms with E-state index >= 15 is 0 Å². The highest BCUT2D eigenvalue weighted by Gasteiger charge is 2.54. The molecule has 0 unspecified atom stereocenters. The molecule has 2 aliphatic heterocycles. The first-order chi connectivity index (χ1) is 22.5. The number of morpholine rings is 1. The number of rotatable bonds is 7. The van der Waals surface area contributed by atoms with Crippen molar-refractivity contribution in [1.29, 1.82) is 0 Å². The second-order valence-corrected chi connectivity index (χ2v) is 13.7. The number of aromatic nitrogens is 6. The highest BCUT2D eigenvalue weighted by Crippen LogP contribution is 2.38. The van der Waals surface area contributed by atoms with Gasteiger partial charge in [-0.15, -0.1) is 0 Å². The summed E-state index contributed by atoms with van der Waals surface area (Å²) in [6, 6.07) is 8.08. The molecule has 1 aliphatic carbocycles. The number of fused-ring (bicyclic) bond motifs is 2. The molecule has 14 nitrogen and oxygen atoms in total. The number of ether oxygens (including phenoxy) is 2. The number of piperazine rings is 1. The number of hydrogen-bond donors (Lipinski definition) is 1. The highest BCUT2D eigenvalue weighted by molar-refractivity contribution is 5.93. The molecule has 0 atom stereocenters. The van der Waals surface area contributed by atoms with Crippen LogP contribution in [0.3, 0.4) is 0 Å². The molecule has 2 amide bonds. The Morgan fingerprint density at radius 3 is 2.36 bits per heavy atom. The van der Waals surface area contributed by atoms with E-state index in [1.165, 1.54) is 0 Å². The lowest BCUT2D eigenvalue weighted by Crippen LogP contribution is -2.56. The van der Waals surface area contributed by atoms with Crippen LogP contribution in [0.5, 0.6) is 0 Å². The molecule has 14 heteroatoms. The first kappa shape index (κ1) is 31.3. The standard InChI is InChI=1S/C33H44N10O4/c1-6-24-34-22-9-7-8-10-23(22)43(24)30-36-27-26(28(37-30)41-17-19-46-20-18-41)35-25(39(27)5)21-40-13-15-42(16-14-40)29(44)33(11-12-33)38-31(45)47-32(2,3)4/h7-10H,6,11-21H2,1-5H3,(H,38,45). The van der Waals surface area contributed by atoms with Gasteiger partial charge in [-0.3, -0.25) is 14.3 Å². The number of carbonyl (C=O) groups excluding carboxylic acids is 2. The Bertz CT molecular complexity index is 1810. The van der Waals surface area contributed by atoms with E-state index in [9.17, 15) is 9.59 Å². The van der Waals surface area contributed by atoms with E-state index in [2.05, 4.69) is 37.2 Å². The number of imidazole rings is 2. The summed E-state index contributed by atoms with van der Waals surface area (Å²) in [5.41, 5.74) is 1.97.